The average molecular weight is 237 g/mol. The number of hydrogen-bond donors (Lipinski definition) is 2. The van der Waals surface area contributed by atoms with E-state index in [-0.39, 0.29) is 0 Å². The van der Waals surface area contributed by atoms with Crippen LogP contribution in [0.25, 0.3) is 0 Å². The smallest absolute Gasteiger partial charge is 0.0919 e. The van der Waals surface area contributed by atoms with Crippen LogP contribution in [0, 0.1) is 6.92 Å². The van der Waals surface area contributed by atoms with Gasteiger partial charge in [-0.3, -0.25) is 0 Å². The number of likely N-dealkylation sites (N-methyl/N-ethyl adjacent to an activating group) is 1. The number of rotatable bonds is 5. The minimum Gasteiger partial charge on any atom is -0.389 e. The molecule has 0 fully saturated rings. The molecule has 0 radical (unpaired) electrons. The lowest BCUT2D eigenvalue weighted by molar-refractivity contribution is 0.0283. The summed E-state index contributed by atoms with van der Waals surface area (Å²) in [5.74, 6) is 0. The first kappa shape index (κ1) is 14.2. The van der Waals surface area contributed by atoms with Crippen molar-refractivity contribution in [3.05, 3.63) is 35.4 Å². The fraction of sp³-hybridized carbons (Fsp3) is 0.571. The molecule has 0 bridgehead atoms. The van der Waals surface area contributed by atoms with Crippen LogP contribution in [-0.4, -0.2) is 40.9 Å². The molecule has 1 aromatic rings. The van der Waals surface area contributed by atoms with E-state index in [0.717, 1.165) is 11.1 Å². The van der Waals surface area contributed by atoms with E-state index in [2.05, 4.69) is 0 Å². The molecule has 0 aliphatic carbocycles. The van der Waals surface area contributed by atoms with E-state index in [9.17, 15) is 10.2 Å². The summed E-state index contributed by atoms with van der Waals surface area (Å²) in [6, 6.07) is 7.83. The zero-order valence-corrected chi connectivity index (χ0v) is 11.1. The molecule has 2 N–H and O–H groups in total. The maximum atomic E-state index is 10.1. The van der Waals surface area contributed by atoms with Crippen LogP contribution in [0.2, 0.25) is 0 Å². The van der Waals surface area contributed by atoms with E-state index < -0.39 is 11.7 Å². The summed E-state index contributed by atoms with van der Waals surface area (Å²) in [7, 11) is 1.90. The first-order valence-corrected chi connectivity index (χ1v) is 5.94. The number of aryl methyl sites for hydroxylation is 1. The van der Waals surface area contributed by atoms with E-state index in [4.69, 9.17) is 0 Å². The van der Waals surface area contributed by atoms with Gasteiger partial charge in [-0.1, -0.05) is 24.3 Å². The summed E-state index contributed by atoms with van der Waals surface area (Å²) >= 11 is 0. The maximum Gasteiger partial charge on any atom is 0.0919 e. The van der Waals surface area contributed by atoms with E-state index in [1.807, 2.05) is 43.1 Å². The molecule has 0 saturated heterocycles. The molecule has 3 nitrogen and oxygen atoms in total. The van der Waals surface area contributed by atoms with Crippen LogP contribution in [0.15, 0.2) is 24.3 Å². The highest BCUT2D eigenvalue weighted by Crippen LogP contribution is 2.18. The molecule has 0 amide bonds. The van der Waals surface area contributed by atoms with Gasteiger partial charge in [0.1, 0.15) is 0 Å². The highest BCUT2D eigenvalue weighted by atomic mass is 16.3. The Balaban J connectivity index is 2.61. The summed E-state index contributed by atoms with van der Waals surface area (Å²) < 4.78 is 0. The molecule has 0 heterocycles. The second kappa shape index (κ2) is 5.63. The van der Waals surface area contributed by atoms with Crippen molar-refractivity contribution in [2.45, 2.75) is 32.5 Å². The van der Waals surface area contributed by atoms with Crippen LogP contribution in [0.1, 0.15) is 31.1 Å². The Labute approximate surface area is 104 Å². The molecule has 17 heavy (non-hydrogen) atoms. The highest BCUT2D eigenvalue weighted by molar-refractivity contribution is 5.27. The monoisotopic (exact) mass is 237 g/mol. The Morgan fingerprint density at radius 3 is 2.41 bits per heavy atom. The zero-order chi connectivity index (χ0) is 13.1. The van der Waals surface area contributed by atoms with Gasteiger partial charge >= 0.3 is 0 Å². The van der Waals surface area contributed by atoms with Gasteiger partial charge in [0.05, 0.1) is 11.7 Å². The van der Waals surface area contributed by atoms with E-state index in [0.29, 0.717) is 13.1 Å². The van der Waals surface area contributed by atoms with Crippen molar-refractivity contribution in [1.82, 2.24) is 4.90 Å². The van der Waals surface area contributed by atoms with E-state index in [1.165, 1.54) is 0 Å². The first-order chi connectivity index (χ1) is 7.79. The van der Waals surface area contributed by atoms with Crippen LogP contribution in [0.4, 0.5) is 0 Å². The lowest BCUT2D eigenvalue weighted by atomic mass is 10.0. The Morgan fingerprint density at radius 1 is 1.29 bits per heavy atom. The predicted octanol–water partition coefficient (Wildman–Crippen LogP) is 1.73. The van der Waals surface area contributed by atoms with E-state index in [1.54, 1.807) is 13.8 Å². The number of hydrogen-bond acceptors (Lipinski definition) is 3. The van der Waals surface area contributed by atoms with Crippen LogP contribution in [0.3, 0.4) is 0 Å². The van der Waals surface area contributed by atoms with Crippen molar-refractivity contribution in [1.29, 1.82) is 0 Å². The third-order valence-corrected chi connectivity index (χ3v) is 2.69. The molecule has 0 aromatic heterocycles. The molecule has 0 aliphatic rings. The summed E-state index contributed by atoms with van der Waals surface area (Å²) in [5, 5.41) is 19.8. The third-order valence-electron chi connectivity index (χ3n) is 2.69. The summed E-state index contributed by atoms with van der Waals surface area (Å²) in [4.78, 5) is 1.94. The van der Waals surface area contributed by atoms with Crippen LogP contribution in [0.5, 0.6) is 0 Å². The Kier molecular flexibility index (Phi) is 4.69. The minimum atomic E-state index is -0.736. The standard InChI is InChI=1S/C14H23NO2/c1-11-7-5-6-8-12(11)13(16)9-15(4)10-14(2,3)17/h5-8,13,16-17H,9-10H2,1-4H3. The second-order valence-electron chi connectivity index (χ2n) is 5.38. The number of benzene rings is 1. The quantitative estimate of drug-likeness (QED) is 0.819. The Bertz CT molecular complexity index is 357. The lowest BCUT2D eigenvalue weighted by Gasteiger charge is -2.27. The number of aliphatic hydroxyl groups is 2. The highest BCUT2D eigenvalue weighted by Gasteiger charge is 2.18. The van der Waals surface area contributed by atoms with Gasteiger partial charge < -0.3 is 15.1 Å². The summed E-state index contributed by atoms with van der Waals surface area (Å²) in [6.07, 6.45) is -0.511. The third kappa shape index (κ3) is 4.86. The molecular weight excluding hydrogens is 214 g/mol. The topological polar surface area (TPSA) is 43.7 Å². The molecule has 96 valence electrons. The second-order valence-corrected chi connectivity index (χ2v) is 5.38. The molecular formula is C14H23NO2. The van der Waals surface area contributed by atoms with Crippen molar-refractivity contribution < 1.29 is 10.2 Å². The van der Waals surface area contributed by atoms with Crippen molar-refractivity contribution in [3.8, 4) is 0 Å². The summed E-state index contributed by atoms with van der Waals surface area (Å²) in [5.41, 5.74) is 1.31. The first-order valence-electron chi connectivity index (χ1n) is 5.94. The van der Waals surface area contributed by atoms with Crippen LogP contribution < -0.4 is 0 Å². The fourth-order valence-electron chi connectivity index (χ4n) is 2.08. The molecule has 0 spiro atoms. The zero-order valence-electron chi connectivity index (χ0n) is 11.1. The maximum absolute atomic E-state index is 10.1. The number of aliphatic hydroxyl groups excluding tert-OH is 1. The van der Waals surface area contributed by atoms with Crippen LogP contribution >= 0.6 is 0 Å². The van der Waals surface area contributed by atoms with Crippen LogP contribution in [-0.2, 0) is 0 Å². The molecule has 3 heteroatoms. The van der Waals surface area contributed by atoms with Crippen molar-refractivity contribution >= 4 is 0 Å². The largest absolute Gasteiger partial charge is 0.389 e. The molecule has 0 saturated carbocycles. The van der Waals surface area contributed by atoms with Gasteiger partial charge in [0.2, 0.25) is 0 Å². The molecule has 1 aromatic carbocycles. The van der Waals surface area contributed by atoms with Gasteiger partial charge in [0.15, 0.2) is 0 Å². The minimum absolute atomic E-state index is 0.511. The molecule has 0 aliphatic heterocycles. The normalized spacial score (nSPS) is 14.1. The molecule has 1 atom stereocenters. The average Bonchev–Trinajstić information content (AvgIpc) is 2.14. The molecule has 1 unspecified atom stereocenters. The molecule has 1 rings (SSSR count). The van der Waals surface area contributed by atoms with Gasteiger partial charge in [-0.05, 0) is 38.9 Å². The fourth-order valence-corrected chi connectivity index (χ4v) is 2.08. The lowest BCUT2D eigenvalue weighted by Crippen LogP contribution is -2.38. The predicted molar refractivity (Wildman–Crippen MR) is 69.9 cm³/mol. The summed E-state index contributed by atoms with van der Waals surface area (Å²) in [6.45, 7) is 6.59. The Morgan fingerprint density at radius 2 is 1.88 bits per heavy atom. The van der Waals surface area contributed by atoms with Gasteiger partial charge in [0, 0.05) is 13.1 Å². The van der Waals surface area contributed by atoms with Gasteiger partial charge in [-0.2, -0.15) is 0 Å². The van der Waals surface area contributed by atoms with Crippen molar-refractivity contribution in [2.75, 3.05) is 20.1 Å². The SMILES string of the molecule is Cc1ccccc1C(O)CN(C)CC(C)(C)O. The van der Waals surface area contributed by atoms with Gasteiger partial charge in [0.25, 0.3) is 0 Å². The van der Waals surface area contributed by atoms with E-state index >= 15 is 0 Å². The van der Waals surface area contributed by atoms with Gasteiger partial charge in [-0.25, -0.2) is 0 Å². The van der Waals surface area contributed by atoms with Crippen molar-refractivity contribution in [3.63, 3.8) is 0 Å². The Hall–Kier alpha value is -0.900. The number of nitrogens with zero attached hydrogens (tertiary/aromatic N) is 1. The van der Waals surface area contributed by atoms with Gasteiger partial charge in [-0.15, -0.1) is 0 Å². The van der Waals surface area contributed by atoms with Crippen molar-refractivity contribution in [2.24, 2.45) is 0 Å².